The average molecular weight is 181 g/mol. The first kappa shape index (κ1) is 8.78. The number of rotatable bonds is 2. The van der Waals surface area contributed by atoms with Crippen molar-refractivity contribution in [1.82, 2.24) is 5.32 Å². The minimum Gasteiger partial charge on any atom is -0.467 e. The third-order valence-electron chi connectivity index (χ3n) is 2.28. The molecule has 0 spiro atoms. The van der Waals surface area contributed by atoms with Crippen molar-refractivity contribution < 1.29 is 9.15 Å². The Morgan fingerprint density at radius 2 is 2.38 bits per heavy atom. The van der Waals surface area contributed by atoms with Gasteiger partial charge in [-0.1, -0.05) is 13.8 Å². The van der Waals surface area contributed by atoms with Crippen molar-refractivity contribution in [1.29, 1.82) is 0 Å². The number of hydrogen-bond acceptors (Lipinski definition) is 3. The fourth-order valence-corrected chi connectivity index (χ4v) is 1.53. The molecule has 1 fully saturated rings. The topological polar surface area (TPSA) is 34.4 Å². The van der Waals surface area contributed by atoms with E-state index in [9.17, 15) is 0 Å². The fraction of sp³-hybridized carbons (Fsp3) is 0.600. The summed E-state index contributed by atoms with van der Waals surface area (Å²) in [4.78, 5) is 0. The van der Waals surface area contributed by atoms with E-state index >= 15 is 0 Å². The highest BCUT2D eigenvalue weighted by atomic mass is 16.5. The van der Waals surface area contributed by atoms with E-state index in [-0.39, 0.29) is 12.3 Å². The lowest BCUT2D eigenvalue weighted by Crippen LogP contribution is -2.27. The van der Waals surface area contributed by atoms with Gasteiger partial charge in [0.1, 0.15) is 18.1 Å². The van der Waals surface area contributed by atoms with Crippen LogP contribution in [0.1, 0.15) is 25.7 Å². The largest absolute Gasteiger partial charge is 0.467 e. The highest BCUT2D eigenvalue weighted by molar-refractivity contribution is 5.04. The van der Waals surface area contributed by atoms with E-state index in [2.05, 4.69) is 19.2 Å². The molecule has 0 aliphatic carbocycles. The SMILES string of the molecule is CC(C)C1NCC(c2ccco2)O1. The number of hydrogen-bond donors (Lipinski definition) is 1. The van der Waals surface area contributed by atoms with E-state index in [1.165, 1.54) is 0 Å². The smallest absolute Gasteiger partial charge is 0.133 e. The molecule has 3 nitrogen and oxygen atoms in total. The first-order valence-corrected chi connectivity index (χ1v) is 4.69. The first-order valence-electron chi connectivity index (χ1n) is 4.69. The molecule has 13 heavy (non-hydrogen) atoms. The zero-order chi connectivity index (χ0) is 9.26. The lowest BCUT2D eigenvalue weighted by atomic mass is 10.2. The standard InChI is InChI=1S/C10H15NO2/c1-7(2)10-11-6-9(13-10)8-4-3-5-12-8/h3-5,7,9-11H,6H2,1-2H3. The maximum Gasteiger partial charge on any atom is 0.133 e. The normalized spacial score (nSPS) is 28.5. The van der Waals surface area contributed by atoms with Gasteiger partial charge in [0.05, 0.1) is 6.26 Å². The van der Waals surface area contributed by atoms with Gasteiger partial charge in [0.2, 0.25) is 0 Å². The molecule has 3 heteroatoms. The van der Waals surface area contributed by atoms with E-state index in [0.717, 1.165) is 12.3 Å². The van der Waals surface area contributed by atoms with E-state index < -0.39 is 0 Å². The fourth-order valence-electron chi connectivity index (χ4n) is 1.53. The number of ether oxygens (including phenoxy) is 1. The summed E-state index contributed by atoms with van der Waals surface area (Å²) >= 11 is 0. The minimum atomic E-state index is 0.0856. The third-order valence-corrected chi connectivity index (χ3v) is 2.28. The van der Waals surface area contributed by atoms with Crippen LogP contribution >= 0.6 is 0 Å². The van der Waals surface area contributed by atoms with Gasteiger partial charge in [0.25, 0.3) is 0 Å². The summed E-state index contributed by atoms with van der Waals surface area (Å²) in [5, 5.41) is 3.31. The summed E-state index contributed by atoms with van der Waals surface area (Å²) in [5.41, 5.74) is 0. The summed E-state index contributed by atoms with van der Waals surface area (Å²) in [7, 11) is 0. The molecule has 1 saturated heterocycles. The van der Waals surface area contributed by atoms with Gasteiger partial charge in [-0.05, 0) is 18.1 Å². The second kappa shape index (κ2) is 3.52. The highest BCUT2D eigenvalue weighted by Gasteiger charge is 2.29. The van der Waals surface area contributed by atoms with Crippen LogP contribution in [0.3, 0.4) is 0 Å². The Bertz CT molecular complexity index is 256. The average Bonchev–Trinajstić information content (AvgIpc) is 2.75. The summed E-state index contributed by atoms with van der Waals surface area (Å²) in [6.45, 7) is 5.13. The molecule has 0 bridgehead atoms. The summed E-state index contributed by atoms with van der Waals surface area (Å²) in [5.74, 6) is 1.41. The third kappa shape index (κ3) is 1.76. The first-order chi connectivity index (χ1) is 6.27. The van der Waals surface area contributed by atoms with E-state index in [1.54, 1.807) is 6.26 Å². The molecule has 0 saturated carbocycles. The Morgan fingerprint density at radius 1 is 1.54 bits per heavy atom. The Labute approximate surface area is 78.1 Å². The van der Waals surface area contributed by atoms with Crippen LogP contribution < -0.4 is 5.32 Å². The Morgan fingerprint density at radius 3 is 2.92 bits per heavy atom. The molecule has 2 unspecified atom stereocenters. The lowest BCUT2D eigenvalue weighted by molar-refractivity contribution is 0.00447. The van der Waals surface area contributed by atoms with Crippen molar-refractivity contribution in [3.63, 3.8) is 0 Å². The van der Waals surface area contributed by atoms with E-state index in [1.807, 2.05) is 12.1 Å². The highest BCUT2D eigenvalue weighted by Crippen LogP contribution is 2.25. The maximum absolute atomic E-state index is 5.76. The van der Waals surface area contributed by atoms with Crippen molar-refractivity contribution in [2.45, 2.75) is 26.2 Å². The van der Waals surface area contributed by atoms with Gasteiger partial charge < -0.3 is 9.15 Å². The van der Waals surface area contributed by atoms with Gasteiger partial charge in [-0.3, -0.25) is 5.32 Å². The monoisotopic (exact) mass is 181 g/mol. The van der Waals surface area contributed by atoms with Crippen LogP contribution in [-0.2, 0) is 4.74 Å². The molecule has 0 radical (unpaired) electrons. The van der Waals surface area contributed by atoms with Crippen LogP contribution in [0.5, 0.6) is 0 Å². The molecule has 0 aromatic carbocycles. The van der Waals surface area contributed by atoms with Crippen molar-refractivity contribution in [2.24, 2.45) is 5.92 Å². The maximum atomic E-state index is 5.76. The quantitative estimate of drug-likeness (QED) is 0.757. The van der Waals surface area contributed by atoms with Gasteiger partial charge in [-0.15, -0.1) is 0 Å². The predicted octanol–water partition coefficient (Wildman–Crippen LogP) is 1.92. The Kier molecular flexibility index (Phi) is 2.38. The van der Waals surface area contributed by atoms with Crippen molar-refractivity contribution >= 4 is 0 Å². The van der Waals surface area contributed by atoms with Crippen LogP contribution in [-0.4, -0.2) is 12.8 Å². The van der Waals surface area contributed by atoms with Gasteiger partial charge in [0, 0.05) is 6.54 Å². The zero-order valence-electron chi connectivity index (χ0n) is 7.99. The minimum absolute atomic E-state index is 0.0856. The molecule has 2 rings (SSSR count). The molecular formula is C10H15NO2. The van der Waals surface area contributed by atoms with Crippen LogP contribution in [0.2, 0.25) is 0 Å². The van der Waals surface area contributed by atoms with E-state index in [4.69, 9.17) is 9.15 Å². The molecular weight excluding hydrogens is 166 g/mol. The second-order valence-electron chi connectivity index (χ2n) is 3.71. The second-order valence-corrected chi connectivity index (χ2v) is 3.71. The van der Waals surface area contributed by atoms with Crippen molar-refractivity contribution in [3.8, 4) is 0 Å². The van der Waals surface area contributed by atoms with Gasteiger partial charge >= 0.3 is 0 Å². The summed E-state index contributed by atoms with van der Waals surface area (Å²) in [6, 6.07) is 3.84. The van der Waals surface area contributed by atoms with Crippen molar-refractivity contribution in [2.75, 3.05) is 6.54 Å². The zero-order valence-corrected chi connectivity index (χ0v) is 7.99. The molecule has 1 aliphatic rings. The van der Waals surface area contributed by atoms with Crippen LogP contribution in [0.4, 0.5) is 0 Å². The molecule has 1 aliphatic heterocycles. The Balaban J connectivity index is 1.99. The van der Waals surface area contributed by atoms with Gasteiger partial charge in [0.15, 0.2) is 0 Å². The molecule has 72 valence electrons. The molecule has 1 N–H and O–H groups in total. The molecule has 2 atom stereocenters. The summed E-state index contributed by atoms with van der Waals surface area (Å²) in [6.07, 6.45) is 1.93. The molecule has 1 aromatic rings. The summed E-state index contributed by atoms with van der Waals surface area (Å²) < 4.78 is 11.0. The Hall–Kier alpha value is -0.800. The van der Waals surface area contributed by atoms with Gasteiger partial charge in [-0.25, -0.2) is 0 Å². The number of nitrogens with one attached hydrogen (secondary N) is 1. The number of furan rings is 1. The van der Waals surface area contributed by atoms with Gasteiger partial charge in [-0.2, -0.15) is 0 Å². The van der Waals surface area contributed by atoms with E-state index in [0.29, 0.717) is 5.92 Å². The van der Waals surface area contributed by atoms with Crippen molar-refractivity contribution in [3.05, 3.63) is 24.2 Å². The van der Waals surface area contributed by atoms with Crippen LogP contribution in [0.15, 0.2) is 22.8 Å². The molecule has 2 heterocycles. The predicted molar refractivity (Wildman–Crippen MR) is 49.2 cm³/mol. The lowest BCUT2D eigenvalue weighted by Gasteiger charge is -2.14. The molecule has 1 aromatic heterocycles. The molecule has 0 amide bonds. The van der Waals surface area contributed by atoms with Crippen LogP contribution in [0.25, 0.3) is 0 Å². The van der Waals surface area contributed by atoms with Crippen LogP contribution in [0, 0.1) is 5.92 Å².